The third-order valence-corrected chi connectivity index (χ3v) is 2.55. The van der Waals surface area contributed by atoms with Gasteiger partial charge >= 0.3 is 5.97 Å². The smallest absolute Gasteiger partial charge is 0.330 e. The SMILES string of the molecule is CCOc1ccc(C(=O)NC(C)(C)C(=O)OC)cc1. The van der Waals surface area contributed by atoms with Crippen LogP contribution in [0.4, 0.5) is 0 Å². The molecule has 1 aromatic carbocycles. The van der Waals surface area contributed by atoms with Gasteiger partial charge in [0, 0.05) is 5.56 Å². The lowest BCUT2D eigenvalue weighted by atomic mass is 10.1. The maximum absolute atomic E-state index is 12.0. The molecule has 0 saturated heterocycles. The van der Waals surface area contributed by atoms with E-state index in [1.165, 1.54) is 7.11 Å². The van der Waals surface area contributed by atoms with Crippen molar-refractivity contribution >= 4 is 11.9 Å². The molecular formula is C14H19NO4. The van der Waals surface area contributed by atoms with Crippen LogP contribution in [0.3, 0.4) is 0 Å². The van der Waals surface area contributed by atoms with Crippen molar-refractivity contribution in [3.63, 3.8) is 0 Å². The lowest BCUT2D eigenvalue weighted by molar-refractivity contribution is -0.146. The van der Waals surface area contributed by atoms with Crippen molar-refractivity contribution in [2.24, 2.45) is 0 Å². The van der Waals surface area contributed by atoms with Crippen LogP contribution in [0.15, 0.2) is 24.3 Å². The molecule has 0 aromatic heterocycles. The van der Waals surface area contributed by atoms with Gasteiger partial charge in [0.15, 0.2) is 0 Å². The fourth-order valence-electron chi connectivity index (χ4n) is 1.53. The molecule has 19 heavy (non-hydrogen) atoms. The predicted octanol–water partition coefficient (Wildman–Crippen LogP) is 1.77. The third-order valence-electron chi connectivity index (χ3n) is 2.55. The van der Waals surface area contributed by atoms with Gasteiger partial charge in [0.2, 0.25) is 0 Å². The zero-order valence-electron chi connectivity index (χ0n) is 11.6. The Morgan fingerprint density at radius 2 is 1.79 bits per heavy atom. The van der Waals surface area contributed by atoms with E-state index in [0.29, 0.717) is 17.9 Å². The Morgan fingerprint density at radius 3 is 2.26 bits per heavy atom. The number of nitrogens with one attached hydrogen (secondary N) is 1. The highest BCUT2D eigenvalue weighted by Crippen LogP contribution is 2.13. The molecule has 0 aliphatic heterocycles. The van der Waals surface area contributed by atoms with Gasteiger partial charge in [-0.3, -0.25) is 4.79 Å². The van der Waals surface area contributed by atoms with Gasteiger partial charge in [0.1, 0.15) is 11.3 Å². The Kier molecular flexibility index (Phi) is 4.92. The standard InChI is InChI=1S/C14H19NO4/c1-5-19-11-8-6-10(7-9-11)12(16)15-14(2,3)13(17)18-4/h6-9H,5H2,1-4H3,(H,15,16). The van der Waals surface area contributed by atoms with Gasteiger partial charge in [-0.15, -0.1) is 0 Å². The first kappa shape index (κ1) is 15.0. The van der Waals surface area contributed by atoms with Gasteiger partial charge < -0.3 is 14.8 Å². The van der Waals surface area contributed by atoms with Crippen molar-refractivity contribution in [3.05, 3.63) is 29.8 Å². The molecule has 1 aromatic rings. The number of carbonyl (C=O) groups is 2. The van der Waals surface area contributed by atoms with Crippen LogP contribution in [0, 0.1) is 0 Å². The van der Waals surface area contributed by atoms with E-state index in [4.69, 9.17) is 4.74 Å². The van der Waals surface area contributed by atoms with E-state index in [2.05, 4.69) is 10.1 Å². The van der Waals surface area contributed by atoms with E-state index in [-0.39, 0.29) is 5.91 Å². The average molecular weight is 265 g/mol. The van der Waals surface area contributed by atoms with Gasteiger partial charge in [-0.25, -0.2) is 4.79 Å². The Morgan fingerprint density at radius 1 is 1.21 bits per heavy atom. The maximum Gasteiger partial charge on any atom is 0.330 e. The molecule has 0 bridgehead atoms. The fourth-order valence-corrected chi connectivity index (χ4v) is 1.53. The summed E-state index contributed by atoms with van der Waals surface area (Å²) in [5.41, 5.74) is -0.606. The number of amides is 1. The molecule has 0 aliphatic rings. The van der Waals surface area contributed by atoms with Gasteiger partial charge in [-0.2, -0.15) is 0 Å². The number of benzene rings is 1. The van der Waals surface area contributed by atoms with Gasteiger partial charge in [-0.05, 0) is 45.0 Å². The van der Waals surface area contributed by atoms with E-state index >= 15 is 0 Å². The van der Waals surface area contributed by atoms with Crippen LogP contribution in [-0.2, 0) is 9.53 Å². The van der Waals surface area contributed by atoms with Crippen molar-refractivity contribution in [1.82, 2.24) is 5.32 Å². The fraction of sp³-hybridized carbons (Fsp3) is 0.429. The third kappa shape index (κ3) is 3.98. The Hall–Kier alpha value is -2.04. The number of methoxy groups -OCH3 is 1. The maximum atomic E-state index is 12.0. The largest absolute Gasteiger partial charge is 0.494 e. The molecule has 1 rings (SSSR count). The van der Waals surface area contributed by atoms with Gasteiger partial charge in [-0.1, -0.05) is 0 Å². The first-order valence-electron chi connectivity index (χ1n) is 6.04. The highest BCUT2D eigenvalue weighted by Gasteiger charge is 2.30. The number of rotatable bonds is 5. The molecular weight excluding hydrogens is 246 g/mol. The quantitative estimate of drug-likeness (QED) is 0.824. The molecule has 0 atom stereocenters. The Bertz CT molecular complexity index is 451. The first-order valence-corrected chi connectivity index (χ1v) is 6.04. The molecule has 1 N–H and O–H groups in total. The van der Waals surface area contributed by atoms with Crippen LogP contribution >= 0.6 is 0 Å². The summed E-state index contributed by atoms with van der Waals surface area (Å²) in [6.45, 7) is 5.64. The summed E-state index contributed by atoms with van der Waals surface area (Å²) in [6, 6.07) is 6.72. The van der Waals surface area contributed by atoms with E-state index in [1.54, 1.807) is 38.1 Å². The van der Waals surface area contributed by atoms with E-state index < -0.39 is 11.5 Å². The zero-order chi connectivity index (χ0) is 14.5. The van der Waals surface area contributed by atoms with E-state index in [1.807, 2.05) is 6.92 Å². The topological polar surface area (TPSA) is 64.6 Å². The molecule has 0 fully saturated rings. The number of carbonyl (C=O) groups excluding carboxylic acids is 2. The molecule has 0 saturated carbocycles. The van der Waals surface area contributed by atoms with Gasteiger partial charge in [0.05, 0.1) is 13.7 Å². The highest BCUT2D eigenvalue weighted by atomic mass is 16.5. The van der Waals surface area contributed by atoms with Crippen LogP contribution in [0.2, 0.25) is 0 Å². The average Bonchev–Trinajstić information content (AvgIpc) is 2.38. The zero-order valence-corrected chi connectivity index (χ0v) is 11.6. The van der Waals surface area contributed by atoms with Crippen LogP contribution < -0.4 is 10.1 Å². The van der Waals surface area contributed by atoms with Crippen molar-refractivity contribution in [1.29, 1.82) is 0 Å². The van der Waals surface area contributed by atoms with E-state index in [0.717, 1.165) is 0 Å². The minimum absolute atomic E-state index is 0.335. The molecule has 5 heteroatoms. The van der Waals surface area contributed by atoms with E-state index in [9.17, 15) is 9.59 Å². The molecule has 104 valence electrons. The number of ether oxygens (including phenoxy) is 2. The number of esters is 1. The van der Waals surface area contributed by atoms with Crippen LogP contribution in [-0.4, -0.2) is 31.1 Å². The van der Waals surface area contributed by atoms with Crippen molar-refractivity contribution in [3.8, 4) is 5.75 Å². The second kappa shape index (κ2) is 6.22. The summed E-state index contributed by atoms with van der Waals surface area (Å²) >= 11 is 0. The van der Waals surface area contributed by atoms with Gasteiger partial charge in [0.25, 0.3) is 5.91 Å². The molecule has 0 aliphatic carbocycles. The minimum Gasteiger partial charge on any atom is -0.494 e. The van der Waals surface area contributed by atoms with Crippen LogP contribution in [0.25, 0.3) is 0 Å². The lowest BCUT2D eigenvalue weighted by Gasteiger charge is -2.23. The lowest BCUT2D eigenvalue weighted by Crippen LogP contribution is -2.50. The normalized spacial score (nSPS) is 10.7. The second-order valence-electron chi connectivity index (χ2n) is 4.53. The molecule has 0 spiro atoms. The summed E-state index contributed by atoms with van der Waals surface area (Å²) in [4.78, 5) is 23.5. The summed E-state index contributed by atoms with van der Waals surface area (Å²) in [6.07, 6.45) is 0. The summed E-state index contributed by atoms with van der Waals surface area (Å²) in [7, 11) is 1.28. The molecule has 0 heterocycles. The Balaban J connectivity index is 2.75. The number of hydrogen-bond acceptors (Lipinski definition) is 4. The van der Waals surface area contributed by atoms with Crippen LogP contribution in [0.5, 0.6) is 5.75 Å². The van der Waals surface area contributed by atoms with Crippen molar-refractivity contribution < 1.29 is 19.1 Å². The van der Waals surface area contributed by atoms with Crippen molar-refractivity contribution in [2.45, 2.75) is 26.3 Å². The molecule has 1 amide bonds. The van der Waals surface area contributed by atoms with Crippen LogP contribution in [0.1, 0.15) is 31.1 Å². The highest BCUT2D eigenvalue weighted by molar-refractivity contribution is 5.97. The molecule has 0 radical (unpaired) electrons. The second-order valence-corrected chi connectivity index (χ2v) is 4.53. The Labute approximate surface area is 112 Å². The number of hydrogen-bond donors (Lipinski definition) is 1. The summed E-state index contributed by atoms with van der Waals surface area (Å²) in [5.74, 6) is -0.128. The summed E-state index contributed by atoms with van der Waals surface area (Å²) < 4.78 is 9.92. The minimum atomic E-state index is -1.07. The first-order chi connectivity index (χ1) is 8.90. The predicted molar refractivity (Wildman–Crippen MR) is 71.2 cm³/mol. The molecule has 5 nitrogen and oxygen atoms in total. The van der Waals surface area contributed by atoms with Crippen molar-refractivity contribution in [2.75, 3.05) is 13.7 Å². The monoisotopic (exact) mass is 265 g/mol. The summed E-state index contributed by atoms with van der Waals surface area (Å²) in [5, 5.41) is 2.62. The molecule has 0 unspecified atom stereocenters.